The molecule has 3 N–H and O–H groups in total. The van der Waals surface area contributed by atoms with Crippen LogP contribution in [0.2, 0.25) is 0 Å². The van der Waals surface area contributed by atoms with Crippen LogP contribution in [-0.2, 0) is 28.7 Å². The second kappa shape index (κ2) is 13.4. The highest BCUT2D eigenvalue weighted by molar-refractivity contribution is 5.88. The van der Waals surface area contributed by atoms with Crippen LogP contribution in [-0.4, -0.2) is 83.5 Å². The molecule has 11 nitrogen and oxygen atoms in total. The van der Waals surface area contributed by atoms with E-state index in [9.17, 15) is 14.4 Å². The van der Waals surface area contributed by atoms with Gasteiger partial charge < -0.3 is 14.4 Å². The number of ether oxygens (including phenoxy) is 2. The zero-order valence-corrected chi connectivity index (χ0v) is 16.5. The summed E-state index contributed by atoms with van der Waals surface area (Å²) in [6.45, 7) is 4.29. The molecule has 1 rings (SSSR count). The van der Waals surface area contributed by atoms with E-state index in [0.29, 0.717) is 25.8 Å². The fourth-order valence-corrected chi connectivity index (χ4v) is 2.97. The normalized spacial score (nSPS) is 17.6. The molecule has 1 amide bonds. The van der Waals surface area contributed by atoms with E-state index < -0.39 is 29.4 Å². The van der Waals surface area contributed by atoms with Gasteiger partial charge in [-0.25, -0.2) is 4.79 Å². The lowest BCUT2D eigenvalue weighted by Crippen LogP contribution is -2.51. The lowest BCUT2D eigenvalue weighted by Gasteiger charge is -2.28. The Labute approximate surface area is 164 Å². The van der Waals surface area contributed by atoms with Crippen LogP contribution in [0.1, 0.15) is 46.0 Å². The van der Waals surface area contributed by atoms with Crippen molar-refractivity contribution in [2.45, 2.75) is 58.0 Å². The third-order valence-corrected chi connectivity index (χ3v) is 4.22. The van der Waals surface area contributed by atoms with Gasteiger partial charge in [-0.15, -0.1) is 0 Å². The van der Waals surface area contributed by atoms with Gasteiger partial charge in [0, 0.05) is 13.0 Å². The van der Waals surface area contributed by atoms with E-state index in [2.05, 4.69) is 10.2 Å². The van der Waals surface area contributed by atoms with E-state index >= 15 is 0 Å². The van der Waals surface area contributed by atoms with Gasteiger partial charge in [0.25, 0.3) is 0 Å². The molecule has 0 aliphatic carbocycles. The molecule has 0 spiro atoms. The van der Waals surface area contributed by atoms with Crippen LogP contribution in [0.25, 0.3) is 0 Å². The lowest BCUT2D eigenvalue weighted by molar-refractivity contribution is -0.492. The zero-order valence-electron chi connectivity index (χ0n) is 16.5. The monoisotopic (exact) mass is 405 g/mol. The van der Waals surface area contributed by atoms with Crippen LogP contribution in [0.3, 0.4) is 0 Å². The Morgan fingerprint density at radius 2 is 1.96 bits per heavy atom. The topological polar surface area (TPSA) is 138 Å². The molecule has 0 aromatic carbocycles. The summed E-state index contributed by atoms with van der Waals surface area (Å²) in [5.74, 6) is -1.16. The fraction of sp³-hybridized carbons (Fsp3) is 0.824. The number of rotatable bonds is 13. The first kappa shape index (κ1) is 24.2. The van der Waals surface area contributed by atoms with Gasteiger partial charge in [-0.2, -0.15) is 0 Å². The van der Waals surface area contributed by atoms with Crippen LogP contribution >= 0.6 is 0 Å². The van der Waals surface area contributed by atoms with Crippen LogP contribution in [0.4, 0.5) is 0 Å². The molecule has 2 unspecified atom stereocenters. The van der Waals surface area contributed by atoms with E-state index in [1.54, 1.807) is 6.92 Å². The number of carbonyl (C=O) groups is 3. The third-order valence-electron chi connectivity index (χ3n) is 4.22. The van der Waals surface area contributed by atoms with Crippen molar-refractivity contribution >= 4 is 17.8 Å². The first-order chi connectivity index (χ1) is 13.4. The number of amides is 1. The second-order valence-corrected chi connectivity index (χ2v) is 6.32. The highest BCUT2D eigenvalue weighted by Crippen LogP contribution is 2.20. The van der Waals surface area contributed by atoms with E-state index in [4.69, 9.17) is 19.9 Å². The van der Waals surface area contributed by atoms with Crippen LogP contribution in [0.15, 0.2) is 0 Å². The molecule has 0 saturated carbocycles. The standard InChI is InChI=1S/C17H31N3O8/c1-3-7-13(18-12-15(21)26-4-2)16(22)19-9-5-8-14(19)17(23)27-10-6-11-28-20(24)25/h13-14,18,24-25H,3-12H2,1-2H3. The Hall–Kier alpha value is -1.79. The van der Waals surface area contributed by atoms with Gasteiger partial charge in [0.05, 0.1) is 37.8 Å². The molecule has 0 aromatic heterocycles. The first-order valence-corrected chi connectivity index (χ1v) is 9.57. The molecule has 1 heterocycles. The number of hydrogen-bond acceptors (Lipinski definition) is 10. The largest absolute Gasteiger partial charge is 0.465 e. The summed E-state index contributed by atoms with van der Waals surface area (Å²) in [5, 5.41) is 19.3. The summed E-state index contributed by atoms with van der Waals surface area (Å²) in [6.07, 6.45) is 2.74. The Kier molecular flexibility index (Phi) is 11.6. The van der Waals surface area contributed by atoms with Gasteiger partial charge in [-0.3, -0.25) is 30.2 Å². The highest BCUT2D eigenvalue weighted by atomic mass is 17.1. The van der Waals surface area contributed by atoms with Crippen molar-refractivity contribution in [3.05, 3.63) is 0 Å². The van der Waals surface area contributed by atoms with Crippen molar-refractivity contribution in [1.29, 1.82) is 0 Å². The van der Waals surface area contributed by atoms with E-state index in [1.807, 2.05) is 6.92 Å². The number of nitrogens with one attached hydrogen (secondary N) is 1. The predicted octanol–water partition coefficient (Wildman–Crippen LogP) is 0.244. The summed E-state index contributed by atoms with van der Waals surface area (Å²) >= 11 is 0. The average molecular weight is 405 g/mol. The summed E-state index contributed by atoms with van der Waals surface area (Å²) in [5.41, 5.74) is 0. The molecule has 162 valence electrons. The van der Waals surface area contributed by atoms with Gasteiger partial charge in [0.1, 0.15) is 6.04 Å². The maximum atomic E-state index is 12.9. The quantitative estimate of drug-likeness (QED) is 0.222. The van der Waals surface area contributed by atoms with Gasteiger partial charge in [0.15, 0.2) is 0 Å². The molecule has 1 saturated heterocycles. The van der Waals surface area contributed by atoms with Crippen molar-refractivity contribution in [2.75, 3.05) is 32.9 Å². The maximum Gasteiger partial charge on any atom is 0.328 e. The van der Waals surface area contributed by atoms with Crippen molar-refractivity contribution in [3.63, 3.8) is 0 Å². The van der Waals surface area contributed by atoms with Gasteiger partial charge in [0.2, 0.25) is 5.91 Å². The smallest absolute Gasteiger partial charge is 0.328 e. The first-order valence-electron chi connectivity index (χ1n) is 9.57. The third kappa shape index (κ3) is 8.48. The molecule has 28 heavy (non-hydrogen) atoms. The van der Waals surface area contributed by atoms with Crippen LogP contribution in [0.5, 0.6) is 0 Å². The maximum absolute atomic E-state index is 12.9. The fourth-order valence-electron chi connectivity index (χ4n) is 2.97. The van der Waals surface area contributed by atoms with E-state index in [1.165, 1.54) is 4.90 Å². The van der Waals surface area contributed by atoms with Crippen LogP contribution in [0, 0.1) is 0 Å². The molecule has 1 aliphatic rings. The summed E-state index contributed by atoms with van der Waals surface area (Å²) in [7, 11) is 0. The molecule has 11 heteroatoms. The minimum Gasteiger partial charge on any atom is -0.465 e. The van der Waals surface area contributed by atoms with Crippen LogP contribution < -0.4 is 5.32 Å². The molecule has 2 atom stereocenters. The van der Waals surface area contributed by atoms with Crippen molar-refractivity contribution in [3.8, 4) is 0 Å². The molecule has 1 fully saturated rings. The van der Waals surface area contributed by atoms with Gasteiger partial charge >= 0.3 is 11.9 Å². The Balaban J connectivity index is 2.55. The number of hydrogen-bond donors (Lipinski definition) is 3. The minimum absolute atomic E-state index is 0.0324. The summed E-state index contributed by atoms with van der Waals surface area (Å²) < 4.78 is 10.0. The highest BCUT2D eigenvalue weighted by Gasteiger charge is 2.37. The molecular weight excluding hydrogens is 374 g/mol. The molecule has 0 radical (unpaired) electrons. The van der Waals surface area contributed by atoms with Gasteiger partial charge in [-0.05, 0) is 26.2 Å². The van der Waals surface area contributed by atoms with Crippen molar-refractivity contribution in [2.24, 2.45) is 0 Å². The number of carbonyl (C=O) groups excluding carboxylic acids is 3. The van der Waals surface area contributed by atoms with Crippen molar-refractivity contribution < 1.29 is 39.1 Å². The molecule has 0 aromatic rings. The summed E-state index contributed by atoms with van der Waals surface area (Å²) in [4.78, 5) is 42.6. The van der Waals surface area contributed by atoms with E-state index in [-0.39, 0.29) is 38.7 Å². The van der Waals surface area contributed by atoms with Crippen molar-refractivity contribution in [1.82, 2.24) is 15.6 Å². The predicted molar refractivity (Wildman–Crippen MR) is 95.0 cm³/mol. The van der Waals surface area contributed by atoms with Gasteiger partial charge in [-0.1, -0.05) is 13.3 Å². The average Bonchev–Trinajstić information content (AvgIpc) is 3.14. The number of likely N-dealkylation sites (tertiary alicyclic amines) is 1. The SMILES string of the molecule is CCCC(NCC(=O)OCC)C(=O)N1CCCC1C(=O)OCCCON(O)O. The Morgan fingerprint density at radius 3 is 2.61 bits per heavy atom. The minimum atomic E-state index is -0.663. The second-order valence-electron chi connectivity index (χ2n) is 6.32. The number of esters is 2. The molecular formula is C17H31N3O8. The Bertz CT molecular complexity index is 503. The molecule has 0 bridgehead atoms. The van der Waals surface area contributed by atoms with E-state index in [0.717, 1.165) is 6.42 Å². The molecule has 1 aliphatic heterocycles. The summed E-state index contributed by atoms with van der Waals surface area (Å²) in [6, 6.07) is -1.24. The lowest BCUT2D eigenvalue weighted by atomic mass is 10.1. The zero-order chi connectivity index (χ0) is 20.9. The number of nitrogens with zero attached hydrogens (tertiary/aromatic N) is 2. The Morgan fingerprint density at radius 1 is 1.21 bits per heavy atom.